The maximum absolute atomic E-state index is 13.4. The lowest BCUT2D eigenvalue weighted by Crippen LogP contribution is -2.13. The first kappa shape index (κ1) is 17.9. The van der Waals surface area contributed by atoms with E-state index in [1.54, 1.807) is 0 Å². The highest BCUT2D eigenvalue weighted by Crippen LogP contribution is 2.23. The van der Waals surface area contributed by atoms with Crippen molar-refractivity contribution in [3.63, 3.8) is 0 Å². The zero-order valence-corrected chi connectivity index (χ0v) is 12.9. The van der Waals surface area contributed by atoms with Gasteiger partial charge in [-0.25, -0.2) is 9.18 Å². The molecule has 0 amide bonds. The molecule has 0 fully saturated rings. The Hall–Kier alpha value is -3.49. The Morgan fingerprint density at radius 3 is 2.40 bits per heavy atom. The largest absolute Gasteiger partial charge is 0.426 e. The minimum Gasteiger partial charge on any atom is -0.426 e. The summed E-state index contributed by atoms with van der Waals surface area (Å²) in [5.74, 6) is -2.31. The lowest BCUT2D eigenvalue weighted by Gasteiger charge is -2.09. The minimum atomic E-state index is -0.926. The normalized spacial score (nSPS) is 10.0. The Kier molecular flexibility index (Phi) is 5.62. The second-order valence-corrected chi connectivity index (χ2v) is 4.76. The quantitative estimate of drug-likeness (QED) is 0.342. The van der Waals surface area contributed by atoms with Crippen LogP contribution in [0.2, 0.25) is 0 Å². The van der Waals surface area contributed by atoms with Gasteiger partial charge in [0.25, 0.3) is 5.09 Å². The molecule has 0 unspecified atom stereocenters. The molecule has 8 nitrogen and oxygen atoms in total. The molecule has 0 atom stereocenters. The first-order chi connectivity index (χ1) is 11.8. The van der Waals surface area contributed by atoms with Crippen molar-refractivity contribution in [2.45, 2.75) is 13.5 Å². The van der Waals surface area contributed by atoms with Crippen molar-refractivity contribution >= 4 is 11.9 Å². The molecule has 2 aromatic rings. The fourth-order valence-corrected chi connectivity index (χ4v) is 1.85. The Morgan fingerprint density at radius 2 is 1.80 bits per heavy atom. The van der Waals surface area contributed by atoms with Crippen molar-refractivity contribution in [3.05, 3.63) is 69.5 Å². The van der Waals surface area contributed by atoms with Crippen LogP contribution in [0.3, 0.4) is 0 Å². The molecule has 0 radical (unpaired) electrons. The number of benzene rings is 2. The van der Waals surface area contributed by atoms with Crippen LogP contribution in [0.1, 0.15) is 22.8 Å². The predicted octanol–water partition coefficient (Wildman–Crippen LogP) is 2.68. The molecule has 0 aromatic heterocycles. The van der Waals surface area contributed by atoms with Crippen molar-refractivity contribution in [2.75, 3.05) is 0 Å². The number of nitrogens with zero attached hydrogens (tertiary/aromatic N) is 1. The van der Waals surface area contributed by atoms with Crippen molar-refractivity contribution in [3.8, 4) is 11.5 Å². The zero-order valence-electron chi connectivity index (χ0n) is 12.9. The summed E-state index contributed by atoms with van der Waals surface area (Å²) >= 11 is 0. The lowest BCUT2D eigenvalue weighted by atomic mass is 10.2. The number of halogens is 1. The third kappa shape index (κ3) is 5.27. The maximum atomic E-state index is 13.4. The van der Waals surface area contributed by atoms with Crippen molar-refractivity contribution < 1.29 is 33.4 Å². The smallest absolute Gasteiger partial charge is 0.347 e. The van der Waals surface area contributed by atoms with Crippen LogP contribution in [-0.4, -0.2) is 17.0 Å². The standard InChI is InChI=1S/C16H12FNO7/c1-10(19)24-15-7-4-12(17)8-14(15)16(20)25-13-5-2-11(3-6-13)9-23-18(21)22/h2-8H,9H2,1H3. The number of carbonyl (C=O) groups is 2. The summed E-state index contributed by atoms with van der Waals surface area (Å²) in [6, 6.07) is 8.78. The van der Waals surface area contributed by atoms with E-state index in [0.717, 1.165) is 25.1 Å². The molecule has 0 N–H and O–H groups in total. The van der Waals surface area contributed by atoms with E-state index in [0.29, 0.717) is 5.56 Å². The van der Waals surface area contributed by atoms with Crippen LogP contribution < -0.4 is 9.47 Å². The van der Waals surface area contributed by atoms with E-state index in [9.17, 15) is 24.1 Å². The van der Waals surface area contributed by atoms with E-state index in [1.807, 2.05) is 0 Å². The van der Waals surface area contributed by atoms with Crippen molar-refractivity contribution in [1.82, 2.24) is 0 Å². The summed E-state index contributed by atoms with van der Waals surface area (Å²) in [6.45, 7) is 0.895. The topological polar surface area (TPSA) is 105 Å². The van der Waals surface area contributed by atoms with Gasteiger partial charge in [-0.2, -0.15) is 0 Å². The highest BCUT2D eigenvalue weighted by Gasteiger charge is 2.17. The van der Waals surface area contributed by atoms with Gasteiger partial charge in [-0.15, -0.1) is 10.1 Å². The molecular weight excluding hydrogens is 337 g/mol. The summed E-state index contributed by atoms with van der Waals surface area (Å²) in [5.41, 5.74) is 0.235. The molecule has 130 valence electrons. The summed E-state index contributed by atoms with van der Waals surface area (Å²) in [7, 11) is 0. The Bertz CT molecular complexity index is 805. The van der Waals surface area contributed by atoms with Gasteiger partial charge in [0.15, 0.2) is 0 Å². The van der Waals surface area contributed by atoms with Crippen LogP contribution in [0.25, 0.3) is 0 Å². The third-order valence-electron chi connectivity index (χ3n) is 2.89. The average Bonchev–Trinajstić information content (AvgIpc) is 2.55. The molecule has 0 heterocycles. The van der Waals surface area contributed by atoms with E-state index >= 15 is 0 Å². The molecule has 0 aliphatic carbocycles. The van der Waals surface area contributed by atoms with Crippen LogP contribution in [-0.2, 0) is 16.2 Å². The van der Waals surface area contributed by atoms with E-state index < -0.39 is 22.8 Å². The summed E-state index contributed by atoms with van der Waals surface area (Å²) < 4.78 is 23.3. The first-order valence-corrected chi connectivity index (χ1v) is 6.91. The summed E-state index contributed by atoms with van der Waals surface area (Å²) in [4.78, 5) is 37.6. The number of hydrogen-bond acceptors (Lipinski definition) is 7. The molecule has 2 aromatic carbocycles. The second-order valence-electron chi connectivity index (χ2n) is 4.76. The Balaban J connectivity index is 2.12. The average molecular weight is 349 g/mol. The first-order valence-electron chi connectivity index (χ1n) is 6.91. The molecular formula is C16H12FNO7. The van der Waals surface area contributed by atoms with Gasteiger partial charge in [0.2, 0.25) is 0 Å². The number of ether oxygens (including phenoxy) is 2. The molecule has 0 aliphatic rings. The van der Waals surface area contributed by atoms with Gasteiger partial charge in [-0.1, -0.05) is 12.1 Å². The van der Waals surface area contributed by atoms with E-state index in [2.05, 4.69) is 4.84 Å². The number of hydrogen-bond donors (Lipinski definition) is 0. The van der Waals surface area contributed by atoms with Crippen molar-refractivity contribution in [2.24, 2.45) is 0 Å². The predicted molar refractivity (Wildman–Crippen MR) is 80.9 cm³/mol. The van der Waals surface area contributed by atoms with Gasteiger partial charge in [-0.05, 0) is 35.9 Å². The summed E-state index contributed by atoms with van der Waals surface area (Å²) in [6.07, 6.45) is 0. The van der Waals surface area contributed by atoms with Crippen LogP contribution in [0.5, 0.6) is 11.5 Å². The van der Waals surface area contributed by atoms with Gasteiger partial charge in [-0.3, -0.25) is 4.79 Å². The van der Waals surface area contributed by atoms with Gasteiger partial charge < -0.3 is 14.3 Å². The molecule has 9 heteroatoms. The van der Waals surface area contributed by atoms with E-state index in [-0.39, 0.29) is 23.7 Å². The minimum absolute atomic E-state index is 0.118. The maximum Gasteiger partial charge on any atom is 0.347 e. The molecule has 0 saturated carbocycles. The van der Waals surface area contributed by atoms with E-state index in [1.165, 1.54) is 24.3 Å². The van der Waals surface area contributed by atoms with Gasteiger partial charge >= 0.3 is 11.9 Å². The molecule has 0 saturated heterocycles. The van der Waals surface area contributed by atoms with Crippen molar-refractivity contribution in [1.29, 1.82) is 0 Å². The fourth-order valence-electron chi connectivity index (χ4n) is 1.85. The van der Waals surface area contributed by atoms with Crippen LogP contribution in [0.15, 0.2) is 42.5 Å². The zero-order chi connectivity index (χ0) is 18.4. The number of rotatable bonds is 6. The Morgan fingerprint density at radius 1 is 1.12 bits per heavy atom. The van der Waals surface area contributed by atoms with Crippen LogP contribution >= 0.6 is 0 Å². The lowest BCUT2D eigenvalue weighted by molar-refractivity contribution is -0.763. The number of esters is 2. The molecule has 25 heavy (non-hydrogen) atoms. The van der Waals surface area contributed by atoms with Gasteiger partial charge in [0.05, 0.1) is 0 Å². The SMILES string of the molecule is CC(=O)Oc1ccc(F)cc1C(=O)Oc1ccc(CO[N+](=O)[O-])cc1. The molecule has 2 rings (SSSR count). The fraction of sp³-hybridized carbons (Fsp3) is 0.125. The third-order valence-corrected chi connectivity index (χ3v) is 2.89. The molecule has 0 spiro atoms. The van der Waals surface area contributed by atoms with Gasteiger partial charge in [0, 0.05) is 6.92 Å². The van der Waals surface area contributed by atoms with Crippen LogP contribution in [0.4, 0.5) is 4.39 Å². The van der Waals surface area contributed by atoms with Crippen LogP contribution in [0, 0.1) is 15.9 Å². The summed E-state index contributed by atoms with van der Waals surface area (Å²) in [5, 5.41) is 9.20. The van der Waals surface area contributed by atoms with E-state index in [4.69, 9.17) is 9.47 Å². The highest BCUT2D eigenvalue weighted by molar-refractivity contribution is 5.94. The Labute approximate surface area is 140 Å². The molecule has 0 aliphatic heterocycles. The highest BCUT2D eigenvalue weighted by atomic mass is 19.1. The van der Waals surface area contributed by atoms with Gasteiger partial charge in [0.1, 0.15) is 29.5 Å². The monoisotopic (exact) mass is 349 g/mol. The molecule has 0 bridgehead atoms. The second kappa shape index (κ2) is 7.86. The number of carbonyl (C=O) groups excluding carboxylic acids is 2.